The Morgan fingerprint density at radius 3 is 2.60 bits per heavy atom. The molecule has 0 bridgehead atoms. The second-order valence-electron chi connectivity index (χ2n) is 6.64. The number of hydrogen-bond acceptors (Lipinski definition) is 3. The molecule has 4 nitrogen and oxygen atoms in total. The van der Waals surface area contributed by atoms with Crippen LogP contribution in [0.5, 0.6) is 0 Å². The van der Waals surface area contributed by atoms with Crippen LogP contribution in [-0.2, 0) is 22.3 Å². The van der Waals surface area contributed by atoms with Gasteiger partial charge in [0.15, 0.2) is 0 Å². The van der Waals surface area contributed by atoms with Crippen LogP contribution >= 0.6 is 0 Å². The van der Waals surface area contributed by atoms with Crippen molar-refractivity contribution in [2.24, 2.45) is 0 Å². The van der Waals surface area contributed by atoms with Gasteiger partial charge in [-0.05, 0) is 30.5 Å². The van der Waals surface area contributed by atoms with E-state index < -0.39 is 11.7 Å². The minimum Gasteiger partial charge on any atom is -0.379 e. The molecule has 1 amide bonds. The van der Waals surface area contributed by atoms with Gasteiger partial charge >= 0.3 is 6.18 Å². The molecule has 3 rings (SSSR count). The first-order valence-corrected chi connectivity index (χ1v) is 8.69. The normalized spacial score (nSPS) is 23.6. The Kier molecular flexibility index (Phi) is 5.64. The summed E-state index contributed by atoms with van der Waals surface area (Å²) in [5.74, 6) is 0.0215. The molecular formula is C18H23F3N2O2. The van der Waals surface area contributed by atoms with E-state index in [9.17, 15) is 18.0 Å². The number of benzene rings is 1. The molecule has 25 heavy (non-hydrogen) atoms. The molecule has 2 aliphatic heterocycles. The lowest BCUT2D eigenvalue weighted by Gasteiger charge is -2.33. The number of alkyl halides is 3. The van der Waals surface area contributed by atoms with Crippen molar-refractivity contribution in [1.29, 1.82) is 0 Å². The zero-order valence-electron chi connectivity index (χ0n) is 14.1. The lowest BCUT2D eigenvalue weighted by atomic mass is 10.1. The predicted octanol–water partition coefficient (Wildman–Crippen LogP) is 2.92. The number of likely N-dealkylation sites (tertiary alicyclic amines) is 1. The van der Waals surface area contributed by atoms with E-state index in [1.165, 1.54) is 6.07 Å². The van der Waals surface area contributed by atoms with Crippen molar-refractivity contribution < 1.29 is 22.7 Å². The Bertz CT molecular complexity index is 600. The second-order valence-corrected chi connectivity index (χ2v) is 6.64. The Hall–Kier alpha value is -1.60. The SMILES string of the molecule is O=C1CCC(N2CCOCC2)CCN1Cc1cccc(C(F)(F)F)c1. The fourth-order valence-corrected chi connectivity index (χ4v) is 3.56. The Morgan fingerprint density at radius 1 is 1.12 bits per heavy atom. The van der Waals surface area contributed by atoms with Gasteiger partial charge < -0.3 is 9.64 Å². The summed E-state index contributed by atoms with van der Waals surface area (Å²) in [7, 11) is 0. The van der Waals surface area contributed by atoms with Crippen LogP contribution in [0.4, 0.5) is 13.2 Å². The Balaban J connectivity index is 1.64. The van der Waals surface area contributed by atoms with E-state index in [1.807, 2.05) is 0 Å². The van der Waals surface area contributed by atoms with Crippen LogP contribution in [-0.4, -0.2) is 54.6 Å². The molecule has 2 heterocycles. The van der Waals surface area contributed by atoms with Crippen LogP contribution in [0.3, 0.4) is 0 Å². The van der Waals surface area contributed by atoms with Gasteiger partial charge in [-0.3, -0.25) is 9.69 Å². The molecule has 1 aromatic rings. The smallest absolute Gasteiger partial charge is 0.379 e. The highest BCUT2D eigenvalue weighted by atomic mass is 19.4. The number of hydrogen-bond donors (Lipinski definition) is 0. The van der Waals surface area contributed by atoms with Crippen LogP contribution in [0.15, 0.2) is 24.3 Å². The maximum absolute atomic E-state index is 12.8. The van der Waals surface area contributed by atoms with Crippen LogP contribution < -0.4 is 0 Å². The molecule has 0 N–H and O–H groups in total. The van der Waals surface area contributed by atoms with Gasteiger partial charge in [-0.2, -0.15) is 13.2 Å². The van der Waals surface area contributed by atoms with E-state index in [4.69, 9.17) is 4.74 Å². The first kappa shape index (κ1) is 18.2. The van der Waals surface area contributed by atoms with E-state index in [0.29, 0.717) is 24.6 Å². The maximum atomic E-state index is 12.8. The molecule has 2 fully saturated rings. The van der Waals surface area contributed by atoms with Gasteiger partial charge in [-0.25, -0.2) is 0 Å². The summed E-state index contributed by atoms with van der Waals surface area (Å²) in [6.07, 6.45) is -2.26. The third-order valence-corrected chi connectivity index (χ3v) is 4.97. The molecule has 0 saturated carbocycles. The first-order chi connectivity index (χ1) is 11.9. The number of carbonyl (C=O) groups is 1. The average Bonchev–Trinajstić information content (AvgIpc) is 2.78. The Labute approximate surface area is 145 Å². The zero-order valence-corrected chi connectivity index (χ0v) is 14.1. The molecule has 0 aromatic heterocycles. The average molecular weight is 356 g/mol. The van der Waals surface area contributed by atoms with Gasteiger partial charge in [-0.1, -0.05) is 12.1 Å². The number of nitrogens with zero attached hydrogens (tertiary/aromatic N) is 2. The van der Waals surface area contributed by atoms with Gasteiger partial charge in [0.2, 0.25) is 5.91 Å². The largest absolute Gasteiger partial charge is 0.416 e. The van der Waals surface area contributed by atoms with Crippen LogP contribution in [0.25, 0.3) is 0 Å². The predicted molar refractivity (Wildman–Crippen MR) is 86.9 cm³/mol. The molecule has 0 aliphatic carbocycles. The van der Waals surface area contributed by atoms with E-state index in [-0.39, 0.29) is 12.5 Å². The number of morpholine rings is 1. The van der Waals surface area contributed by atoms with Gasteiger partial charge in [-0.15, -0.1) is 0 Å². The van der Waals surface area contributed by atoms with Crippen molar-refractivity contribution >= 4 is 5.91 Å². The van der Waals surface area contributed by atoms with Crippen molar-refractivity contribution in [3.05, 3.63) is 35.4 Å². The third-order valence-electron chi connectivity index (χ3n) is 4.97. The summed E-state index contributed by atoms with van der Waals surface area (Å²) in [4.78, 5) is 16.4. The minimum atomic E-state index is -4.36. The van der Waals surface area contributed by atoms with E-state index in [1.54, 1.807) is 11.0 Å². The molecular weight excluding hydrogens is 333 g/mol. The molecule has 1 aromatic carbocycles. The molecule has 2 saturated heterocycles. The standard InChI is InChI=1S/C18H23F3N2O2/c19-18(20,21)15-3-1-2-14(12-15)13-23-7-6-16(4-5-17(23)24)22-8-10-25-11-9-22/h1-3,12,16H,4-11,13H2. The van der Waals surface area contributed by atoms with Crippen LogP contribution in [0.1, 0.15) is 30.4 Å². The Morgan fingerprint density at radius 2 is 1.88 bits per heavy atom. The highest BCUT2D eigenvalue weighted by Gasteiger charge is 2.31. The maximum Gasteiger partial charge on any atom is 0.416 e. The lowest BCUT2D eigenvalue weighted by Crippen LogP contribution is -2.43. The van der Waals surface area contributed by atoms with Crippen molar-refractivity contribution in [2.75, 3.05) is 32.8 Å². The first-order valence-electron chi connectivity index (χ1n) is 8.69. The van der Waals surface area contributed by atoms with Crippen LogP contribution in [0, 0.1) is 0 Å². The molecule has 1 atom stereocenters. The summed E-state index contributed by atoms with van der Waals surface area (Å²) in [6.45, 7) is 4.02. The van der Waals surface area contributed by atoms with E-state index in [2.05, 4.69) is 4.90 Å². The summed E-state index contributed by atoms with van der Waals surface area (Å²) < 4.78 is 43.9. The van der Waals surface area contributed by atoms with Gasteiger partial charge in [0.05, 0.1) is 18.8 Å². The summed E-state index contributed by atoms with van der Waals surface area (Å²) in [5, 5.41) is 0. The number of amides is 1. The number of ether oxygens (including phenoxy) is 1. The fraction of sp³-hybridized carbons (Fsp3) is 0.611. The number of halogens is 3. The number of rotatable bonds is 3. The monoisotopic (exact) mass is 356 g/mol. The van der Waals surface area contributed by atoms with Crippen molar-refractivity contribution in [2.45, 2.75) is 38.0 Å². The van der Waals surface area contributed by atoms with E-state index >= 15 is 0 Å². The second kappa shape index (κ2) is 7.74. The highest BCUT2D eigenvalue weighted by molar-refractivity contribution is 5.76. The minimum absolute atomic E-state index is 0.0215. The topological polar surface area (TPSA) is 32.8 Å². The molecule has 0 radical (unpaired) electrons. The number of carbonyl (C=O) groups excluding carboxylic acids is 1. The van der Waals surface area contributed by atoms with Gasteiger partial charge in [0.25, 0.3) is 0 Å². The molecule has 0 spiro atoms. The highest BCUT2D eigenvalue weighted by Crippen LogP contribution is 2.30. The van der Waals surface area contributed by atoms with E-state index in [0.717, 1.165) is 51.3 Å². The van der Waals surface area contributed by atoms with Crippen molar-refractivity contribution in [1.82, 2.24) is 9.80 Å². The third kappa shape index (κ3) is 4.73. The lowest BCUT2D eigenvalue weighted by molar-refractivity contribution is -0.137. The quantitative estimate of drug-likeness (QED) is 0.835. The molecule has 1 unspecified atom stereocenters. The summed E-state index contributed by atoms with van der Waals surface area (Å²) in [5.41, 5.74) is -0.147. The summed E-state index contributed by atoms with van der Waals surface area (Å²) in [6, 6.07) is 5.59. The zero-order chi connectivity index (χ0) is 17.9. The van der Waals surface area contributed by atoms with Crippen LogP contribution in [0.2, 0.25) is 0 Å². The fourth-order valence-electron chi connectivity index (χ4n) is 3.56. The van der Waals surface area contributed by atoms with Gasteiger partial charge in [0.1, 0.15) is 0 Å². The van der Waals surface area contributed by atoms with Gasteiger partial charge in [0, 0.05) is 38.6 Å². The molecule has 138 valence electrons. The van der Waals surface area contributed by atoms with Crippen molar-refractivity contribution in [3.63, 3.8) is 0 Å². The molecule has 2 aliphatic rings. The summed E-state index contributed by atoms with van der Waals surface area (Å²) >= 11 is 0. The molecule has 7 heteroatoms. The van der Waals surface area contributed by atoms with Crippen molar-refractivity contribution in [3.8, 4) is 0 Å².